The topological polar surface area (TPSA) is 46.6 Å². The summed E-state index contributed by atoms with van der Waals surface area (Å²) in [4.78, 5) is 2.62. The molecule has 1 unspecified atom stereocenters. The van der Waals surface area contributed by atoms with Crippen molar-refractivity contribution in [1.29, 1.82) is 0 Å². The maximum absolute atomic E-state index is 12.3. The Morgan fingerprint density at radius 1 is 1.17 bits per heavy atom. The van der Waals surface area contributed by atoms with Crippen LogP contribution in [0.3, 0.4) is 0 Å². The molecule has 0 radical (unpaired) electrons. The molecule has 132 valence electrons. The molecule has 0 heterocycles. The van der Waals surface area contributed by atoms with Crippen LogP contribution < -0.4 is 4.74 Å². The maximum Gasteiger partial charge on any atom is 0.180 e. The summed E-state index contributed by atoms with van der Waals surface area (Å²) < 4.78 is 30.6. The van der Waals surface area contributed by atoms with Crippen LogP contribution in [0.25, 0.3) is 0 Å². The molecule has 0 aliphatic heterocycles. The minimum absolute atomic E-state index is 0.0909. The Hall–Kier alpha value is -1.07. The molecular weight excluding hydrogens is 310 g/mol. The van der Waals surface area contributed by atoms with Gasteiger partial charge in [-0.2, -0.15) is 0 Å². The molecule has 0 aliphatic rings. The van der Waals surface area contributed by atoms with E-state index < -0.39 is 15.1 Å². The Labute approximate surface area is 141 Å². The van der Waals surface area contributed by atoms with Crippen molar-refractivity contribution in [3.63, 3.8) is 0 Å². The molecule has 0 aliphatic carbocycles. The zero-order chi connectivity index (χ0) is 17.6. The predicted molar refractivity (Wildman–Crippen MR) is 95.9 cm³/mol. The highest BCUT2D eigenvalue weighted by Gasteiger charge is 2.20. The van der Waals surface area contributed by atoms with Crippen molar-refractivity contribution in [2.45, 2.75) is 69.8 Å². The summed E-state index contributed by atoms with van der Waals surface area (Å²) in [6.07, 6.45) is 1.91. The fourth-order valence-electron chi connectivity index (χ4n) is 2.14. The van der Waals surface area contributed by atoms with Gasteiger partial charge in [0.15, 0.2) is 9.84 Å². The largest absolute Gasteiger partial charge is 0.490 e. The summed E-state index contributed by atoms with van der Waals surface area (Å²) in [5.41, 5.74) is 0. The van der Waals surface area contributed by atoms with Crippen LogP contribution in [-0.4, -0.2) is 44.3 Å². The lowest BCUT2D eigenvalue weighted by atomic mass is 10.2. The minimum Gasteiger partial charge on any atom is -0.490 e. The number of sulfone groups is 1. The Morgan fingerprint density at radius 3 is 2.35 bits per heavy atom. The van der Waals surface area contributed by atoms with E-state index in [4.69, 9.17) is 4.74 Å². The van der Waals surface area contributed by atoms with Crippen molar-refractivity contribution in [2.24, 2.45) is 0 Å². The second-order valence-corrected chi connectivity index (χ2v) is 9.08. The Morgan fingerprint density at radius 2 is 1.83 bits per heavy atom. The first-order chi connectivity index (χ1) is 10.7. The van der Waals surface area contributed by atoms with Crippen LogP contribution in [0.1, 0.15) is 47.5 Å². The van der Waals surface area contributed by atoms with Crippen LogP contribution in [0.4, 0.5) is 0 Å². The molecule has 0 bridgehead atoms. The summed E-state index contributed by atoms with van der Waals surface area (Å²) in [5.74, 6) is 0.630. The third kappa shape index (κ3) is 5.81. The molecule has 1 rings (SSSR count). The van der Waals surface area contributed by atoms with Crippen molar-refractivity contribution in [2.75, 3.05) is 13.6 Å². The SMILES string of the molecule is CCC(CCN(C)C(C)C)Oc1cccc(S(=O)(=O)C(C)C)c1. The lowest BCUT2D eigenvalue weighted by molar-refractivity contribution is 0.157. The van der Waals surface area contributed by atoms with E-state index in [-0.39, 0.29) is 6.10 Å². The van der Waals surface area contributed by atoms with E-state index in [1.165, 1.54) is 0 Å². The summed E-state index contributed by atoms with van der Waals surface area (Å²) in [6.45, 7) is 10.8. The highest BCUT2D eigenvalue weighted by atomic mass is 32.2. The van der Waals surface area contributed by atoms with Crippen molar-refractivity contribution in [1.82, 2.24) is 4.90 Å². The average molecular weight is 342 g/mol. The van der Waals surface area contributed by atoms with Gasteiger partial charge in [0.2, 0.25) is 0 Å². The van der Waals surface area contributed by atoms with Gasteiger partial charge in [-0.05, 0) is 65.8 Å². The smallest absolute Gasteiger partial charge is 0.180 e. The van der Waals surface area contributed by atoms with E-state index >= 15 is 0 Å². The van der Waals surface area contributed by atoms with E-state index in [9.17, 15) is 8.42 Å². The van der Waals surface area contributed by atoms with Crippen LogP contribution >= 0.6 is 0 Å². The Balaban J connectivity index is 2.79. The van der Waals surface area contributed by atoms with Gasteiger partial charge in [-0.15, -0.1) is 0 Å². The van der Waals surface area contributed by atoms with Crippen molar-refractivity contribution in [3.05, 3.63) is 24.3 Å². The molecule has 0 saturated carbocycles. The first-order valence-electron chi connectivity index (χ1n) is 8.39. The molecule has 4 nitrogen and oxygen atoms in total. The number of rotatable bonds is 9. The van der Waals surface area contributed by atoms with Crippen molar-refractivity contribution < 1.29 is 13.2 Å². The molecule has 0 spiro atoms. The Bertz CT molecular complexity index is 582. The first kappa shape index (κ1) is 20.0. The van der Waals surface area contributed by atoms with Gasteiger partial charge in [0.05, 0.1) is 16.2 Å². The van der Waals surface area contributed by atoms with E-state index in [1.807, 2.05) is 6.07 Å². The van der Waals surface area contributed by atoms with Gasteiger partial charge >= 0.3 is 0 Å². The molecule has 1 aromatic carbocycles. The molecule has 1 atom stereocenters. The van der Waals surface area contributed by atoms with Crippen LogP contribution in [0.2, 0.25) is 0 Å². The molecule has 1 aromatic rings. The molecule has 23 heavy (non-hydrogen) atoms. The second kappa shape index (κ2) is 8.69. The number of nitrogens with zero attached hydrogens (tertiary/aromatic N) is 1. The quantitative estimate of drug-likeness (QED) is 0.686. The molecule has 5 heteroatoms. The number of benzene rings is 1. The van der Waals surface area contributed by atoms with Crippen LogP contribution in [0, 0.1) is 0 Å². The summed E-state index contributed by atoms with van der Waals surface area (Å²) in [6, 6.07) is 7.36. The second-order valence-electron chi connectivity index (χ2n) is 6.58. The van der Waals surface area contributed by atoms with Gasteiger partial charge in [0.25, 0.3) is 0 Å². The Kier molecular flexibility index (Phi) is 7.55. The molecular formula is C18H31NO3S. The van der Waals surface area contributed by atoms with Gasteiger partial charge in [-0.1, -0.05) is 13.0 Å². The third-order valence-electron chi connectivity index (χ3n) is 4.20. The first-order valence-corrected chi connectivity index (χ1v) is 9.94. The van der Waals surface area contributed by atoms with Gasteiger partial charge in [-0.3, -0.25) is 0 Å². The highest BCUT2D eigenvalue weighted by molar-refractivity contribution is 7.92. The number of hydrogen-bond donors (Lipinski definition) is 0. The molecule has 0 saturated heterocycles. The molecule has 0 fully saturated rings. The minimum atomic E-state index is -3.27. The van der Waals surface area contributed by atoms with Gasteiger partial charge in [-0.25, -0.2) is 8.42 Å². The lowest BCUT2D eigenvalue weighted by Gasteiger charge is -2.24. The van der Waals surface area contributed by atoms with E-state index in [2.05, 4.69) is 32.7 Å². The summed E-state index contributed by atoms with van der Waals surface area (Å²) in [7, 11) is -1.16. The van der Waals surface area contributed by atoms with Gasteiger partial charge in [0, 0.05) is 12.6 Å². The monoisotopic (exact) mass is 341 g/mol. The lowest BCUT2D eigenvalue weighted by Crippen LogP contribution is -2.31. The van der Waals surface area contributed by atoms with Crippen LogP contribution in [0.15, 0.2) is 29.2 Å². The van der Waals surface area contributed by atoms with Crippen molar-refractivity contribution in [3.8, 4) is 5.75 Å². The normalized spacial score (nSPS) is 13.8. The fourth-order valence-corrected chi connectivity index (χ4v) is 3.23. The molecule has 0 amide bonds. The maximum atomic E-state index is 12.3. The van der Waals surface area contributed by atoms with Crippen molar-refractivity contribution >= 4 is 9.84 Å². The van der Waals surface area contributed by atoms with E-state index in [0.717, 1.165) is 19.4 Å². The molecule has 0 N–H and O–H groups in total. The zero-order valence-electron chi connectivity index (χ0n) is 15.2. The van der Waals surface area contributed by atoms with Gasteiger partial charge < -0.3 is 9.64 Å². The third-order valence-corrected chi connectivity index (χ3v) is 6.35. The summed E-state index contributed by atoms with van der Waals surface area (Å²) in [5, 5.41) is -0.431. The standard InChI is InChI=1S/C18H31NO3S/c1-7-16(11-12-19(6)14(2)3)22-17-9-8-10-18(13-17)23(20,21)15(4)5/h8-10,13-16H,7,11-12H2,1-6H3. The number of ether oxygens (including phenoxy) is 1. The van der Waals surface area contributed by atoms with E-state index in [1.54, 1.807) is 32.0 Å². The van der Waals surface area contributed by atoms with E-state index in [0.29, 0.717) is 16.7 Å². The zero-order valence-corrected chi connectivity index (χ0v) is 16.1. The number of hydrogen-bond acceptors (Lipinski definition) is 4. The predicted octanol–water partition coefficient (Wildman–Crippen LogP) is 3.76. The van der Waals surface area contributed by atoms with Crippen LogP contribution in [0.5, 0.6) is 5.75 Å². The molecule has 0 aromatic heterocycles. The summed E-state index contributed by atoms with van der Waals surface area (Å²) >= 11 is 0. The fraction of sp³-hybridized carbons (Fsp3) is 0.667. The van der Waals surface area contributed by atoms with Crippen LogP contribution in [-0.2, 0) is 9.84 Å². The average Bonchev–Trinajstić information content (AvgIpc) is 2.50. The van der Waals surface area contributed by atoms with Gasteiger partial charge in [0.1, 0.15) is 5.75 Å². The highest BCUT2D eigenvalue weighted by Crippen LogP contribution is 2.23.